The number of carbonyl (C=O) groups excluding carboxylic acids is 1. The lowest BCUT2D eigenvalue weighted by Gasteiger charge is -2.13. The second-order valence-electron chi connectivity index (χ2n) is 5.99. The molecule has 0 radical (unpaired) electrons. The van der Waals surface area contributed by atoms with Gasteiger partial charge in [-0.1, -0.05) is 29.8 Å². The van der Waals surface area contributed by atoms with Gasteiger partial charge in [0.2, 0.25) is 0 Å². The van der Waals surface area contributed by atoms with E-state index < -0.39 is 0 Å². The molecular formula is C23H20ClNO3. The van der Waals surface area contributed by atoms with Crippen LogP contribution in [0.15, 0.2) is 78.9 Å². The molecule has 0 heterocycles. The Morgan fingerprint density at radius 3 is 2.29 bits per heavy atom. The van der Waals surface area contributed by atoms with E-state index >= 15 is 0 Å². The van der Waals surface area contributed by atoms with Gasteiger partial charge in [0.15, 0.2) is 5.78 Å². The molecule has 0 atom stereocenters. The Morgan fingerprint density at radius 2 is 1.61 bits per heavy atom. The van der Waals surface area contributed by atoms with Crippen LogP contribution in [-0.2, 0) is 0 Å². The molecule has 0 aliphatic heterocycles. The third-order valence-electron chi connectivity index (χ3n) is 4.16. The lowest BCUT2D eigenvalue weighted by Crippen LogP contribution is -2.04. The second kappa shape index (κ2) is 9.11. The van der Waals surface area contributed by atoms with Gasteiger partial charge < -0.3 is 14.8 Å². The molecule has 3 aromatic rings. The van der Waals surface area contributed by atoms with Crippen molar-refractivity contribution in [2.75, 3.05) is 19.5 Å². The van der Waals surface area contributed by atoms with Crippen LogP contribution in [0.1, 0.15) is 15.9 Å². The number of carbonyl (C=O) groups is 1. The predicted octanol–water partition coefficient (Wildman–Crippen LogP) is 5.69. The summed E-state index contributed by atoms with van der Waals surface area (Å²) in [6.45, 7) is 0. The van der Waals surface area contributed by atoms with Gasteiger partial charge in [0.05, 0.1) is 19.2 Å². The Bertz CT molecular complexity index is 997. The number of benzene rings is 3. The molecule has 3 rings (SSSR count). The van der Waals surface area contributed by atoms with Gasteiger partial charge in [-0.2, -0.15) is 0 Å². The molecule has 0 bridgehead atoms. The van der Waals surface area contributed by atoms with Crippen molar-refractivity contribution < 1.29 is 14.3 Å². The number of hydrogen-bond acceptors (Lipinski definition) is 4. The van der Waals surface area contributed by atoms with Crippen molar-refractivity contribution in [3.8, 4) is 11.5 Å². The van der Waals surface area contributed by atoms with E-state index in [1.54, 1.807) is 44.6 Å². The largest absolute Gasteiger partial charge is 0.497 e. The van der Waals surface area contributed by atoms with E-state index in [1.165, 1.54) is 0 Å². The Labute approximate surface area is 169 Å². The molecule has 0 aromatic heterocycles. The molecular weight excluding hydrogens is 374 g/mol. The zero-order chi connectivity index (χ0) is 19.9. The molecule has 0 aliphatic rings. The van der Waals surface area contributed by atoms with Gasteiger partial charge in [-0.3, -0.25) is 4.79 Å². The number of rotatable bonds is 7. The first-order chi connectivity index (χ1) is 13.6. The van der Waals surface area contributed by atoms with Gasteiger partial charge in [-0.05, 0) is 54.1 Å². The van der Waals surface area contributed by atoms with Gasteiger partial charge in [-0.25, -0.2) is 0 Å². The highest BCUT2D eigenvalue weighted by Crippen LogP contribution is 2.25. The quantitative estimate of drug-likeness (QED) is 0.413. The summed E-state index contributed by atoms with van der Waals surface area (Å²) in [5.74, 6) is 1.27. The standard InChI is InChI=1S/C23H20ClNO3/c1-27-18-12-10-16(11-13-18)22(25-17-6-5-7-19(14-17)28-2)15-23(26)20-8-3-4-9-21(20)24/h3-15,25H,1-2H3/b22-15+. The lowest BCUT2D eigenvalue weighted by atomic mass is 10.1. The Kier molecular flexibility index (Phi) is 6.35. The summed E-state index contributed by atoms with van der Waals surface area (Å²) in [5.41, 5.74) is 2.72. The predicted molar refractivity (Wildman–Crippen MR) is 113 cm³/mol. The van der Waals surface area contributed by atoms with Crippen molar-refractivity contribution in [1.29, 1.82) is 0 Å². The number of allylic oxidation sites excluding steroid dienone is 1. The van der Waals surface area contributed by atoms with Gasteiger partial charge in [0.25, 0.3) is 0 Å². The molecule has 0 saturated carbocycles. The van der Waals surface area contributed by atoms with Crippen molar-refractivity contribution in [3.63, 3.8) is 0 Å². The van der Waals surface area contributed by atoms with Crippen molar-refractivity contribution in [2.45, 2.75) is 0 Å². The van der Waals surface area contributed by atoms with E-state index in [9.17, 15) is 4.79 Å². The number of nitrogens with one attached hydrogen (secondary N) is 1. The molecule has 0 amide bonds. The average Bonchev–Trinajstić information content (AvgIpc) is 2.73. The number of hydrogen-bond donors (Lipinski definition) is 1. The molecule has 5 heteroatoms. The monoisotopic (exact) mass is 393 g/mol. The van der Waals surface area contributed by atoms with E-state index in [2.05, 4.69) is 5.32 Å². The first-order valence-corrected chi connectivity index (χ1v) is 9.04. The van der Waals surface area contributed by atoms with Crippen LogP contribution in [0.2, 0.25) is 5.02 Å². The lowest BCUT2D eigenvalue weighted by molar-refractivity contribution is 0.104. The van der Waals surface area contributed by atoms with Gasteiger partial charge in [0.1, 0.15) is 11.5 Å². The summed E-state index contributed by atoms with van der Waals surface area (Å²) in [5, 5.41) is 3.72. The van der Waals surface area contributed by atoms with Crippen LogP contribution in [-0.4, -0.2) is 20.0 Å². The molecule has 142 valence electrons. The summed E-state index contributed by atoms with van der Waals surface area (Å²) in [6.07, 6.45) is 1.54. The molecule has 0 aliphatic carbocycles. The molecule has 1 N–H and O–H groups in total. The van der Waals surface area contributed by atoms with E-state index in [1.807, 2.05) is 48.5 Å². The van der Waals surface area contributed by atoms with Crippen molar-refractivity contribution in [2.24, 2.45) is 0 Å². The normalized spacial score (nSPS) is 11.0. The summed E-state index contributed by atoms with van der Waals surface area (Å²) >= 11 is 6.18. The van der Waals surface area contributed by atoms with Crippen LogP contribution >= 0.6 is 11.6 Å². The number of halogens is 1. The van der Waals surface area contributed by atoms with Gasteiger partial charge in [0, 0.05) is 29.1 Å². The van der Waals surface area contributed by atoms with Crippen LogP contribution in [0.5, 0.6) is 11.5 Å². The first kappa shape index (κ1) is 19.5. The fourth-order valence-corrected chi connectivity index (χ4v) is 2.92. The van der Waals surface area contributed by atoms with Crippen LogP contribution in [0.3, 0.4) is 0 Å². The Hall–Kier alpha value is -3.24. The van der Waals surface area contributed by atoms with Crippen LogP contribution in [0, 0.1) is 0 Å². The van der Waals surface area contributed by atoms with Gasteiger partial charge in [-0.15, -0.1) is 0 Å². The second-order valence-corrected chi connectivity index (χ2v) is 6.39. The zero-order valence-corrected chi connectivity index (χ0v) is 16.4. The minimum absolute atomic E-state index is 0.188. The number of ketones is 1. The molecule has 0 unspecified atom stereocenters. The zero-order valence-electron chi connectivity index (χ0n) is 15.6. The van der Waals surface area contributed by atoms with Gasteiger partial charge >= 0.3 is 0 Å². The van der Waals surface area contributed by atoms with Crippen LogP contribution < -0.4 is 14.8 Å². The molecule has 4 nitrogen and oxygen atoms in total. The highest BCUT2D eigenvalue weighted by atomic mass is 35.5. The molecule has 0 spiro atoms. The highest BCUT2D eigenvalue weighted by Gasteiger charge is 2.11. The summed E-state index contributed by atoms with van der Waals surface area (Å²) < 4.78 is 10.5. The summed E-state index contributed by atoms with van der Waals surface area (Å²) in [6, 6.07) is 21.9. The smallest absolute Gasteiger partial charge is 0.189 e. The third kappa shape index (κ3) is 4.72. The fraction of sp³-hybridized carbons (Fsp3) is 0.0870. The van der Waals surface area contributed by atoms with E-state index in [0.29, 0.717) is 16.3 Å². The molecule has 28 heavy (non-hydrogen) atoms. The molecule has 0 saturated heterocycles. The Morgan fingerprint density at radius 1 is 0.893 bits per heavy atom. The number of methoxy groups -OCH3 is 2. The fourth-order valence-electron chi connectivity index (χ4n) is 2.69. The average molecular weight is 394 g/mol. The maximum absolute atomic E-state index is 12.8. The van der Waals surface area contributed by atoms with Crippen molar-refractivity contribution in [3.05, 3.63) is 95.0 Å². The van der Waals surface area contributed by atoms with E-state index in [0.717, 1.165) is 22.7 Å². The van der Waals surface area contributed by atoms with Crippen molar-refractivity contribution in [1.82, 2.24) is 0 Å². The van der Waals surface area contributed by atoms with E-state index in [-0.39, 0.29) is 5.78 Å². The SMILES string of the molecule is COc1ccc(/C(=C\C(=O)c2ccccc2Cl)Nc2cccc(OC)c2)cc1. The molecule has 0 fully saturated rings. The first-order valence-electron chi connectivity index (χ1n) is 8.67. The summed E-state index contributed by atoms with van der Waals surface area (Å²) in [7, 11) is 3.22. The minimum Gasteiger partial charge on any atom is -0.497 e. The minimum atomic E-state index is -0.188. The number of ether oxygens (including phenoxy) is 2. The number of anilines is 1. The third-order valence-corrected chi connectivity index (χ3v) is 4.49. The van der Waals surface area contributed by atoms with Crippen LogP contribution in [0.4, 0.5) is 5.69 Å². The van der Waals surface area contributed by atoms with Crippen LogP contribution in [0.25, 0.3) is 5.70 Å². The highest BCUT2D eigenvalue weighted by molar-refractivity contribution is 6.34. The maximum atomic E-state index is 12.8. The topological polar surface area (TPSA) is 47.6 Å². The Balaban J connectivity index is 2.00. The maximum Gasteiger partial charge on any atom is 0.189 e. The van der Waals surface area contributed by atoms with E-state index in [4.69, 9.17) is 21.1 Å². The molecule has 3 aromatic carbocycles. The summed E-state index contributed by atoms with van der Waals surface area (Å²) in [4.78, 5) is 12.8. The van der Waals surface area contributed by atoms with Crippen molar-refractivity contribution >= 4 is 28.8 Å².